The molecule has 17 heavy (non-hydrogen) atoms. The second kappa shape index (κ2) is 5.80. The van der Waals surface area contributed by atoms with Crippen molar-refractivity contribution < 1.29 is 4.79 Å². The molecule has 0 radical (unpaired) electrons. The van der Waals surface area contributed by atoms with E-state index in [4.69, 9.17) is 11.6 Å². The van der Waals surface area contributed by atoms with E-state index in [9.17, 15) is 4.79 Å². The molecule has 1 amide bonds. The van der Waals surface area contributed by atoms with Crippen molar-refractivity contribution >= 4 is 28.8 Å². The lowest BCUT2D eigenvalue weighted by Crippen LogP contribution is -2.24. The zero-order valence-corrected chi connectivity index (χ0v) is 10.6. The Balaban J connectivity index is 1.81. The first kappa shape index (κ1) is 12.1. The lowest BCUT2D eigenvalue weighted by atomic mass is 10.2. The van der Waals surface area contributed by atoms with Crippen molar-refractivity contribution in [2.45, 2.75) is 6.42 Å². The third kappa shape index (κ3) is 3.54. The summed E-state index contributed by atoms with van der Waals surface area (Å²) in [5, 5.41) is 2.85. The molecule has 0 saturated carbocycles. The van der Waals surface area contributed by atoms with Crippen molar-refractivity contribution in [3.05, 3.63) is 51.4 Å². The largest absolute Gasteiger partial charge is 0.351 e. The van der Waals surface area contributed by atoms with Crippen LogP contribution in [0.2, 0.25) is 4.34 Å². The topological polar surface area (TPSA) is 42.0 Å². The standard InChI is InChI=1S/C12H11ClN2OS/c13-11-4-3-10(17-11)12(16)15-7-5-9-2-1-6-14-8-9/h1-4,6,8H,5,7H2,(H,15,16). The first-order chi connectivity index (χ1) is 8.25. The Labute approximate surface area is 108 Å². The predicted octanol–water partition coefficient (Wildman–Crippen LogP) is 2.77. The van der Waals surface area contributed by atoms with Crippen LogP contribution in [0.1, 0.15) is 15.2 Å². The van der Waals surface area contributed by atoms with E-state index >= 15 is 0 Å². The quantitative estimate of drug-likeness (QED) is 0.925. The predicted molar refractivity (Wildman–Crippen MR) is 69.6 cm³/mol. The number of carbonyl (C=O) groups is 1. The normalized spacial score (nSPS) is 10.2. The van der Waals surface area contributed by atoms with E-state index in [2.05, 4.69) is 10.3 Å². The summed E-state index contributed by atoms with van der Waals surface area (Å²) in [6.45, 7) is 0.597. The van der Waals surface area contributed by atoms with E-state index in [0.717, 1.165) is 12.0 Å². The Kier molecular flexibility index (Phi) is 4.12. The number of pyridine rings is 1. The van der Waals surface area contributed by atoms with Gasteiger partial charge in [0.1, 0.15) is 0 Å². The van der Waals surface area contributed by atoms with Crippen LogP contribution in [0.3, 0.4) is 0 Å². The monoisotopic (exact) mass is 266 g/mol. The summed E-state index contributed by atoms with van der Waals surface area (Å²) in [4.78, 5) is 16.3. The Morgan fingerprint density at radius 1 is 1.41 bits per heavy atom. The maximum Gasteiger partial charge on any atom is 0.261 e. The van der Waals surface area contributed by atoms with Crippen LogP contribution < -0.4 is 5.32 Å². The second-order valence-electron chi connectivity index (χ2n) is 3.47. The molecule has 0 aliphatic rings. The molecule has 0 aromatic carbocycles. The third-order valence-corrected chi connectivity index (χ3v) is 3.45. The molecule has 0 aliphatic heterocycles. The van der Waals surface area contributed by atoms with E-state index in [1.165, 1.54) is 11.3 Å². The van der Waals surface area contributed by atoms with E-state index in [-0.39, 0.29) is 5.91 Å². The van der Waals surface area contributed by atoms with Crippen LogP contribution in [0.15, 0.2) is 36.7 Å². The Morgan fingerprint density at radius 2 is 2.29 bits per heavy atom. The molecule has 1 N–H and O–H groups in total. The van der Waals surface area contributed by atoms with Gasteiger partial charge in [0.05, 0.1) is 9.21 Å². The zero-order chi connectivity index (χ0) is 12.1. The van der Waals surface area contributed by atoms with Gasteiger partial charge in [-0.05, 0) is 30.2 Å². The minimum atomic E-state index is -0.0780. The van der Waals surface area contributed by atoms with Crippen molar-refractivity contribution in [1.82, 2.24) is 10.3 Å². The number of hydrogen-bond donors (Lipinski definition) is 1. The molecule has 0 bridgehead atoms. The van der Waals surface area contributed by atoms with Gasteiger partial charge < -0.3 is 5.32 Å². The van der Waals surface area contributed by atoms with Crippen molar-refractivity contribution in [3.63, 3.8) is 0 Å². The number of rotatable bonds is 4. The van der Waals surface area contributed by atoms with E-state index in [0.29, 0.717) is 15.8 Å². The molecule has 2 aromatic rings. The van der Waals surface area contributed by atoms with Crippen LogP contribution in [-0.4, -0.2) is 17.4 Å². The van der Waals surface area contributed by atoms with Crippen LogP contribution in [0.5, 0.6) is 0 Å². The maximum absolute atomic E-state index is 11.7. The molecule has 0 unspecified atom stereocenters. The number of halogens is 1. The van der Waals surface area contributed by atoms with Gasteiger partial charge in [-0.3, -0.25) is 9.78 Å². The van der Waals surface area contributed by atoms with E-state index < -0.39 is 0 Å². The van der Waals surface area contributed by atoms with Gasteiger partial charge in [0, 0.05) is 18.9 Å². The van der Waals surface area contributed by atoms with Crippen molar-refractivity contribution in [1.29, 1.82) is 0 Å². The Bertz CT molecular complexity index is 498. The van der Waals surface area contributed by atoms with Crippen LogP contribution in [-0.2, 0) is 6.42 Å². The third-order valence-electron chi connectivity index (χ3n) is 2.22. The summed E-state index contributed by atoms with van der Waals surface area (Å²) in [5.41, 5.74) is 1.11. The molecule has 0 fully saturated rings. The first-order valence-electron chi connectivity index (χ1n) is 5.18. The molecule has 3 nitrogen and oxygen atoms in total. The fraction of sp³-hybridized carbons (Fsp3) is 0.167. The van der Waals surface area contributed by atoms with Gasteiger partial charge >= 0.3 is 0 Å². The van der Waals surface area contributed by atoms with Crippen LogP contribution in [0.4, 0.5) is 0 Å². The van der Waals surface area contributed by atoms with Gasteiger partial charge in [-0.2, -0.15) is 0 Å². The number of nitrogens with zero attached hydrogens (tertiary/aromatic N) is 1. The number of hydrogen-bond acceptors (Lipinski definition) is 3. The highest BCUT2D eigenvalue weighted by Gasteiger charge is 2.07. The molecule has 0 aliphatic carbocycles. The summed E-state index contributed by atoms with van der Waals surface area (Å²) in [6, 6.07) is 7.33. The average molecular weight is 267 g/mol. The van der Waals surface area contributed by atoms with Crippen molar-refractivity contribution in [2.24, 2.45) is 0 Å². The minimum absolute atomic E-state index is 0.0780. The number of aromatic nitrogens is 1. The lowest BCUT2D eigenvalue weighted by molar-refractivity contribution is 0.0958. The summed E-state index contributed by atoms with van der Waals surface area (Å²) in [5.74, 6) is -0.0780. The Hall–Kier alpha value is -1.39. The van der Waals surface area contributed by atoms with Crippen molar-refractivity contribution in [3.8, 4) is 0 Å². The maximum atomic E-state index is 11.7. The zero-order valence-electron chi connectivity index (χ0n) is 9.02. The number of nitrogens with one attached hydrogen (secondary N) is 1. The van der Waals surface area contributed by atoms with Gasteiger partial charge in [-0.25, -0.2) is 0 Å². The molecule has 2 rings (SSSR count). The lowest BCUT2D eigenvalue weighted by Gasteiger charge is -2.03. The average Bonchev–Trinajstić information content (AvgIpc) is 2.77. The number of carbonyl (C=O) groups excluding carboxylic acids is 1. The van der Waals surface area contributed by atoms with E-state index in [1.807, 2.05) is 12.1 Å². The minimum Gasteiger partial charge on any atom is -0.351 e. The molecular weight excluding hydrogens is 256 g/mol. The second-order valence-corrected chi connectivity index (χ2v) is 5.19. The first-order valence-corrected chi connectivity index (χ1v) is 6.37. The van der Waals surface area contributed by atoms with Crippen LogP contribution in [0.25, 0.3) is 0 Å². The van der Waals surface area contributed by atoms with Crippen LogP contribution >= 0.6 is 22.9 Å². The number of amides is 1. The highest BCUT2D eigenvalue weighted by Crippen LogP contribution is 2.20. The van der Waals surface area contributed by atoms with E-state index in [1.54, 1.807) is 24.5 Å². The summed E-state index contributed by atoms with van der Waals surface area (Å²) in [7, 11) is 0. The van der Waals surface area contributed by atoms with Gasteiger partial charge in [-0.15, -0.1) is 11.3 Å². The summed E-state index contributed by atoms with van der Waals surface area (Å²) < 4.78 is 0.627. The van der Waals surface area contributed by atoms with Gasteiger partial charge in [0.2, 0.25) is 0 Å². The molecule has 0 spiro atoms. The molecule has 0 atom stereocenters. The fourth-order valence-corrected chi connectivity index (χ4v) is 2.35. The SMILES string of the molecule is O=C(NCCc1cccnc1)c1ccc(Cl)s1. The van der Waals surface area contributed by atoms with Crippen molar-refractivity contribution in [2.75, 3.05) is 6.54 Å². The van der Waals surface area contributed by atoms with Gasteiger partial charge in [0.15, 0.2) is 0 Å². The molecule has 2 heterocycles. The fourth-order valence-electron chi connectivity index (χ4n) is 1.39. The van der Waals surface area contributed by atoms with Gasteiger partial charge in [0.25, 0.3) is 5.91 Å². The molecular formula is C12H11ClN2OS. The van der Waals surface area contributed by atoms with Crippen LogP contribution in [0, 0.1) is 0 Å². The molecule has 0 saturated heterocycles. The summed E-state index contributed by atoms with van der Waals surface area (Å²) >= 11 is 7.05. The molecule has 2 aromatic heterocycles. The number of thiophene rings is 1. The molecule has 5 heteroatoms. The highest BCUT2D eigenvalue weighted by molar-refractivity contribution is 7.17. The smallest absolute Gasteiger partial charge is 0.261 e. The molecule has 88 valence electrons. The van der Waals surface area contributed by atoms with Gasteiger partial charge in [-0.1, -0.05) is 17.7 Å². The Morgan fingerprint density at radius 3 is 2.94 bits per heavy atom. The highest BCUT2D eigenvalue weighted by atomic mass is 35.5. The summed E-state index contributed by atoms with van der Waals surface area (Å²) in [6.07, 6.45) is 4.31.